The average Bonchev–Trinajstić information content (AvgIpc) is 3.49. The maximum atomic E-state index is 13.2. The molecule has 0 saturated carbocycles. The normalized spacial score (nSPS) is 20.1. The number of esters is 1. The number of carbonyl (C=O) groups excluding carboxylic acids is 3. The van der Waals surface area contributed by atoms with E-state index in [0.717, 1.165) is 0 Å². The third kappa shape index (κ3) is 5.26. The molecule has 2 aliphatic heterocycles. The van der Waals surface area contributed by atoms with Crippen molar-refractivity contribution >= 4 is 47.0 Å². The van der Waals surface area contributed by atoms with Gasteiger partial charge in [0.05, 0.1) is 6.26 Å². The molecule has 0 bridgehead atoms. The van der Waals surface area contributed by atoms with E-state index in [-0.39, 0.29) is 17.2 Å². The number of aryl methyl sites for hydroxylation is 1. The first-order chi connectivity index (χ1) is 17.1. The highest BCUT2D eigenvalue weighted by Gasteiger charge is 2.55. The Morgan fingerprint density at radius 2 is 2.17 bits per heavy atom. The summed E-state index contributed by atoms with van der Waals surface area (Å²) in [7, 11) is 3.02. The topological polar surface area (TPSA) is 154 Å². The molecule has 2 aliphatic rings. The quantitative estimate of drug-likeness (QED) is 0.169. The first kappa shape index (κ1) is 25.8. The summed E-state index contributed by atoms with van der Waals surface area (Å²) in [5.74, 6) is -0.641. The number of ether oxygens (including phenoxy) is 1. The minimum absolute atomic E-state index is 0.105. The zero-order valence-corrected chi connectivity index (χ0v) is 21.9. The van der Waals surface area contributed by atoms with Crippen LogP contribution in [0.4, 0.5) is 0 Å². The van der Waals surface area contributed by atoms with Crippen molar-refractivity contribution in [2.24, 2.45) is 12.2 Å². The minimum atomic E-state index is -0.867. The highest BCUT2D eigenvalue weighted by Crippen LogP contribution is 2.42. The first-order valence-corrected chi connectivity index (χ1v) is 12.8. The van der Waals surface area contributed by atoms with Crippen molar-refractivity contribution in [3.8, 4) is 0 Å². The molecule has 2 aromatic rings. The second-order valence-electron chi connectivity index (χ2n) is 8.79. The van der Waals surface area contributed by atoms with Crippen LogP contribution in [0.15, 0.2) is 44.4 Å². The Morgan fingerprint density at radius 1 is 1.39 bits per heavy atom. The van der Waals surface area contributed by atoms with E-state index in [0.29, 0.717) is 22.2 Å². The van der Waals surface area contributed by atoms with Crippen molar-refractivity contribution in [2.75, 3.05) is 18.6 Å². The molecule has 0 spiro atoms. The molecule has 1 fully saturated rings. The van der Waals surface area contributed by atoms with Gasteiger partial charge >= 0.3 is 5.97 Å². The van der Waals surface area contributed by atoms with Crippen molar-refractivity contribution in [3.63, 3.8) is 0 Å². The van der Waals surface area contributed by atoms with Crippen LogP contribution in [0, 0.1) is 0 Å². The van der Waals surface area contributed by atoms with Gasteiger partial charge in [0.15, 0.2) is 5.76 Å². The number of β-lactam (4-membered cyclic amide) rings is 1. The first-order valence-electron chi connectivity index (χ1n) is 10.8. The highest BCUT2D eigenvalue weighted by atomic mass is 32.2. The third-order valence-corrected chi connectivity index (χ3v) is 7.47. The minimum Gasteiger partial charge on any atom is -0.462 e. The fourth-order valence-corrected chi connectivity index (χ4v) is 5.85. The number of amides is 2. The Labute approximate surface area is 215 Å². The van der Waals surface area contributed by atoms with Crippen LogP contribution >= 0.6 is 23.5 Å². The number of thioether (sulfide) groups is 2. The van der Waals surface area contributed by atoms with Gasteiger partial charge in [0.25, 0.3) is 11.8 Å². The third-order valence-electron chi connectivity index (χ3n) is 5.04. The predicted octanol–water partition coefficient (Wildman–Crippen LogP) is 0.942. The average molecular weight is 536 g/mol. The van der Waals surface area contributed by atoms with E-state index in [9.17, 15) is 14.4 Å². The van der Waals surface area contributed by atoms with Crippen molar-refractivity contribution < 1.29 is 28.4 Å². The van der Waals surface area contributed by atoms with Gasteiger partial charge in [-0.05, 0) is 48.9 Å². The van der Waals surface area contributed by atoms with Crippen LogP contribution in [0.1, 0.15) is 26.5 Å². The van der Waals surface area contributed by atoms with E-state index in [2.05, 4.69) is 26.0 Å². The molecule has 4 rings (SSSR count). The number of rotatable bonds is 8. The van der Waals surface area contributed by atoms with Crippen LogP contribution < -0.4 is 5.32 Å². The summed E-state index contributed by atoms with van der Waals surface area (Å²) >= 11 is 2.78. The van der Waals surface area contributed by atoms with Crippen LogP contribution in [-0.4, -0.2) is 84.2 Å². The maximum Gasteiger partial charge on any atom is 0.355 e. The molecule has 0 aliphatic carbocycles. The molecule has 1 saturated heterocycles. The second kappa shape index (κ2) is 10.3. The lowest BCUT2D eigenvalue weighted by Gasteiger charge is -2.50. The van der Waals surface area contributed by atoms with Gasteiger partial charge in [0.1, 0.15) is 29.8 Å². The predicted molar refractivity (Wildman–Crippen MR) is 130 cm³/mol. The Balaban J connectivity index is 1.55. The molecule has 0 radical (unpaired) electrons. The lowest BCUT2D eigenvalue weighted by molar-refractivity contribution is -0.158. The molecular formula is C21H25N7O6S2. The summed E-state index contributed by atoms with van der Waals surface area (Å²) in [4.78, 5) is 45.5. The summed E-state index contributed by atoms with van der Waals surface area (Å²) < 4.78 is 12.4. The van der Waals surface area contributed by atoms with Crippen LogP contribution in [0.3, 0.4) is 0 Å². The van der Waals surface area contributed by atoms with Crippen molar-refractivity contribution in [2.45, 2.75) is 42.9 Å². The highest BCUT2D eigenvalue weighted by molar-refractivity contribution is 8.01. The Kier molecular flexibility index (Phi) is 7.40. The van der Waals surface area contributed by atoms with E-state index in [1.807, 2.05) is 0 Å². The zero-order chi connectivity index (χ0) is 26.0. The Morgan fingerprint density at radius 3 is 2.78 bits per heavy atom. The molecule has 2 amide bonds. The number of nitrogens with one attached hydrogen (secondary N) is 1. The molecule has 2 aromatic heterocycles. The van der Waals surface area contributed by atoms with Gasteiger partial charge in [0, 0.05) is 18.6 Å². The van der Waals surface area contributed by atoms with Crippen molar-refractivity contribution in [3.05, 3.63) is 35.4 Å². The van der Waals surface area contributed by atoms with Gasteiger partial charge < -0.3 is 19.3 Å². The summed E-state index contributed by atoms with van der Waals surface area (Å²) in [6.07, 6.45) is 1.40. The monoisotopic (exact) mass is 535 g/mol. The number of oxime groups is 1. The van der Waals surface area contributed by atoms with Gasteiger partial charge in [-0.3, -0.25) is 14.5 Å². The lowest BCUT2D eigenvalue weighted by Crippen LogP contribution is -2.71. The van der Waals surface area contributed by atoms with Gasteiger partial charge in [-0.2, -0.15) is 0 Å². The standard InChI is InChI=1S/C21H25N7O6S2/c1-21(2,3)34-19(31)15-11(10-36-20-23-25-26-27(20)4)9-35-18-14(17(30)28(15)18)22-16(29)13(24-32-5)12-7-6-8-33-12/h6-8,14,18H,9-10H2,1-5H3,(H,22,29)/t14?,18-/m1/s1. The molecule has 2 atom stereocenters. The van der Waals surface area contributed by atoms with Gasteiger partial charge in [-0.15, -0.1) is 16.9 Å². The van der Waals surface area contributed by atoms with E-state index in [4.69, 9.17) is 14.0 Å². The molecular weight excluding hydrogens is 510 g/mol. The van der Waals surface area contributed by atoms with Gasteiger partial charge in [0.2, 0.25) is 10.9 Å². The molecule has 15 heteroatoms. The van der Waals surface area contributed by atoms with E-state index < -0.39 is 34.8 Å². The summed E-state index contributed by atoms with van der Waals surface area (Å²) in [6.45, 7) is 5.27. The molecule has 13 nitrogen and oxygen atoms in total. The summed E-state index contributed by atoms with van der Waals surface area (Å²) in [6, 6.07) is 2.30. The summed E-state index contributed by atoms with van der Waals surface area (Å²) in [5, 5.41) is 17.9. The van der Waals surface area contributed by atoms with Gasteiger partial charge in [-0.25, -0.2) is 9.48 Å². The fourth-order valence-electron chi connectivity index (χ4n) is 3.52. The number of hydrogen-bond acceptors (Lipinski definition) is 12. The number of furan rings is 1. The van der Waals surface area contributed by atoms with Crippen LogP contribution in [-0.2, 0) is 31.0 Å². The van der Waals surface area contributed by atoms with E-state index in [1.54, 1.807) is 40.0 Å². The molecule has 36 heavy (non-hydrogen) atoms. The maximum absolute atomic E-state index is 13.2. The van der Waals surface area contributed by atoms with Gasteiger partial charge in [-0.1, -0.05) is 16.9 Å². The van der Waals surface area contributed by atoms with Crippen molar-refractivity contribution in [1.82, 2.24) is 30.4 Å². The number of nitrogens with zero attached hydrogens (tertiary/aromatic N) is 6. The largest absolute Gasteiger partial charge is 0.462 e. The number of aromatic nitrogens is 4. The SMILES string of the molecule is CON=C(C(=O)NC1C(=O)N2C(C(=O)OC(C)(C)C)=C(CSc3nnnn3C)CS[C@H]12)c1ccco1. The summed E-state index contributed by atoms with van der Waals surface area (Å²) in [5.41, 5.74) is 0.0377. The second-order valence-corrected chi connectivity index (χ2v) is 10.8. The number of tetrazole rings is 1. The fraction of sp³-hybridized carbons (Fsp3) is 0.476. The van der Waals surface area contributed by atoms with Crippen LogP contribution in [0.25, 0.3) is 0 Å². The lowest BCUT2D eigenvalue weighted by atomic mass is 10.0. The zero-order valence-electron chi connectivity index (χ0n) is 20.3. The van der Waals surface area contributed by atoms with E-state index >= 15 is 0 Å². The molecule has 192 valence electrons. The van der Waals surface area contributed by atoms with Crippen molar-refractivity contribution in [1.29, 1.82) is 0 Å². The molecule has 1 N–H and O–H groups in total. The number of carbonyl (C=O) groups is 3. The number of fused-ring (bicyclic) bond motifs is 1. The van der Waals surface area contributed by atoms with E-state index in [1.165, 1.54) is 46.5 Å². The Hall–Kier alpha value is -3.33. The van der Waals surface area contributed by atoms with Crippen LogP contribution in [0.2, 0.25) is 0 Å². The van der Waals surface area contributed by atoms with Crippen LogP contribution in [0.5, 0.6) is 0 Å². The molecule has 1 unspecified atom stereocenters. The number of hydrogen-bond donors (Lipinski definition) is 1. The Bertz CT molecular complexity index is 1220. The molecule has 4 heterocycles. The molecule has 0 aromatic carbocycles. The smallest absolute Gasteiger partial charge is 0.355 e.